The molecule has 0 aliphatic carbocycles. The number of hydrogen-bond donors (Lipinski definition) is 2. The van der Waals surface area contributed by atoms with Crippen molar-refractivity contribution >= 4 is 28.9 Å². The number of nitrogens with zero attached hydrogens (tertiary/aromatic N) is 4. The maximum atomic E-state index is 13.1. The molecule has 2 aromatic heterocycles. The highest BCUT2D eigenvalue weighted by Crippen LogP contribution is 2.31. The third-order valence-electron chi connectivity index (χ3n) is 6.40. The van der Waals surface area contributed by atoms with Crippen LogP contribution in [0.4, 0.5) is 36.2 Å². The molecule has 0 fully saturated rings. The molecule has 0 radical (unpaired) electrons. The number of ether oxygens (including phenoxy) is 1. The summed E-state index contributed by atoms with van der Waals surface area (Å²) in [6.45, 7) is 3.24. The van der Waals surface area contributed by atoms with E-state index in [4.69, 9.17) is 4.74 Å². The fourth-order valence-corrected chi connectivity index (χ4v) is 4.35. The molecule has 39 heavy (non-hydrogen) atoms. The van der Waals surface area contributed by atoms with E-state index in [-0.39, 0.29) is 5.56 Å². The van der Waals surface area contributed by atoms with Crippen LogP contribution in [0.1, 0.15) is 32.7 Å². The van der Waals surface area contributed by atoms with Crippen LogP contribution < -0.4 is 20.3 Å². The largest absolute Gasteiger partial charge is 0.481 e. The highest BCUT2D eigenvalue weighted by Gasteiger charge is 2.31. The summed E-state index contributed by atoms with van der Waals surface area (Å²) in [5.74, 6) is 0.381. The molecule has 8 nitrogen and oxygen atoms in total. The minimum Gasteiger partial charge on any atom is -0.481 e. The molecule has 4 aromatic rings. The number of carbonyl (C=O) groups excluding carboxylic acids is 1. The van der Waals surface area contributed by atoms with Gasteiger partial charge in [-0.3, -0.25) is 4.79 Å². The van der Waals surface area contributed by atoms with Gasteiger partial charge in [-0.15, -0.1) is 0 Å². The first-order valence-electron chi connectivity index (χ1n) is 12.2. The normalized spacial score (nSPS) is 13.0. The smallest absolute Gasteiger partial charge is 0.416 e. The van der Waals surface area contributed by atoms with Gasteiger partial charge in [0, 0.05) is 54.3 Å². The molecule has 2 aromatic carbocycles. The number of methoxy groups -OCH3 is 1. The molecule has 0 bridgehead atoms. The monoisotopic (exact) mass is 534 g/mol. The molecule has 0 saturated carbocycles. The molecular formula is C28H25F3N6O2. The lowest BCUT2D eigenvalue weighted by Crippen LogP contribution is -2.32. The molecular weight excluding hydrogens is 509 g/mol. The summed E-state index contributed by atoms with van der Waals surface area (Å²) in [6.07, 6.45) is -0.397. The molecule has 1 aliphatic heterocycles. The molecule has 0 unspecified atom stereocenters. The third-order valence-corrected chi connectivity index (χ3v) is 6.40. The van der Waals surface area contributed by atoms with Crippen molar-refractivity contribution in [1.82, 2.24) is 15.0 Å². The van der Waals surface area contributed by atoms with Gasteiger partial charge in [-0.05, 0) is 48.9 Å². The number of nitrogens with one attached hydrogen (secondary N) is 2. The summed E-state index contributed by atoms with van der Waals surface area (Å²) < 4.78 is 44.2. The number of anilines is 4. The third kappa shape index (κ3) is 5.92. The summed E-state index contributed by atoms with van der Waals surface area (Å²) in [5.41, 5.74) is 4.14. The number of rotatable bonds is 6. The molecule has 0 atom stereocenters. The second-order valence-electron chi connectivity index (χ2n) is 9.09. The van der Waals surface area contributed by atoms with Crippen LogP contribution in [0.15, 0.2) is 67.0 Å². The van der Waals surface area contributed by atoms with Crippen molar-refractivity contribution in [2.45, 2.75) is 26.1 Å². The van der Waals surface area contributed by atoms with Crippen LogP contribution in [0.5, 0.6) is 5.88 Å². The zero-order valence-electron chi connectivity index (χ0n) is 21.2. The first-order chi connectivity index (χ1) is 18.7. The minimum atomic E-state index is -4.52. The average Bonchev–Trinajstić information content (AvgIpc) is 2.94. The van der Waals surface area contributed by atoms with Crippen LogP contribution in [0.25, 0.3) is 0 Å². The van der Waals surface area contributed by atoms with E-state index in [0.29, 0.717) is 37.0 Å². The Bertz CT molecular complexity index is 1510. The van der Waals surface area contributed by atoms with E-state index in [9.17, 15) is 18.0 Å². The molecule has 1 amide bonds. The SMILES string of the molecule is COc1ccc(Nc2ncc3c(n2)CCN(c2cc(NC(=O)c4cccc(C(F)(F)F)c4)ccc2C)C3)cn1. The minimum absolute atomic E-state index is 0.0640. The van der Waals surface area contributed by atoms with Gasteiger partial charge in [0.2, 0.25) is 11.8 Å². The number of pyridine rings is 1. The van der Waals surface area contributed by atoms with Crippen molar-refractivity contribution in [3.63, 3.8) is 0 Å². The van der Waals surface area contributed by atoms with Crippen LogP contribution in [0.3, 0.4) is 0 Å². The van der Waals surface area contributed by atoms with Crippen molar-refractivity contribution in [2.75, 3.05) is 29.2 Å². The number of aryl methyl sites for hydroxylation is 1. The van der Waals surface area contributed by atoms with Gasteiger partial charge in [0.25, 0.3) is 5.91 Å². The Hall–Kier alpha value is -4.67. The Morgan fingerprint density at radius 2 is 1.85 bits per heavy atom. The number of aromatic nitrogens is 3. The number of benzene rings is 2. The van der Waals surface area contributed by atoms with Crippen molar-refractivity contribution < 1.29 is 22.7 Å². The molecule has 5 rings (SSSR count). The van der Waals surface area contributed by atoms with Gasteiger partial charge in [-0.25, -0.2) is 15.0 Å². The summed E-state index contributed by atoms with van der Waals surface area (Å²) in [4.78, 5) is 28.2. The number of halogens is 3. The molecule has 3 heterocycles. The number of hydrogen-bond acceptors (Lipinski definition) is 7. The van der Waals surface area contributed by atoms with E-state index < -0.39 is 17.6 Å². The summed E-state index contributed by atoms with van der Waals surface area (Å²) in [5, 5.41) is 5.87. The molecule has 0 saturated heterocycles. The quantitative estimate of drug-likeness (QED) is 0.325. The van der Waals surface area contributed by atoms with Gasteiger partial charge in [-0.2, -0.15) is 13.2 Å². The van der Waals surface area contributed by atoms with E-state index >= 15 is 0 Å². The van der Waals surface area contributed by atoms with Crippen molar-refractivity contribution in [2.24, 2.45) is 0 Å². The molecule has 1 aliphatic rings. The Balaban J connectivity index is 1.29. The second kappa shape index (κ2) is 10.6. The number of carbonyl (C=O) groups is 1. The number of amides is 1. The fraction of sp³-hybridized carbons (Fsp3) is 0.214. The van der Waals surface area contributed by atoms with Gasteiger partial charge < -0.3 is 20.3 Å². The second-order valence-corrected chi connectivity index (χ2v) is 9.09. The van der Waals surface area contributed by atoms with Gasteiger partial charge in [0.05, 0.1) is 30.3 Å². The highest BCUT2D eigenvalue weighted by atomic mass is 19.4. The van der Waals surface area contributed by atoms with Crippen LogP contribution in [0.2, 0.25) is 0 Å². The molecule has 2 N–H and O–H groups in total. The van der Waals surface area contributed by atoms with Gasteiger partial charge in [0.1, 0.15) is 0 Å². The number of fused-ring (bicyclic) bond motifs is 1. The Morgan fingerprint density at radius 1 is 1.03 bits per heavy atom. The maximum Gasteiger partial charge on any atom is 0.416 e. The molecule has 11 heteroatoms. The zero-order chi connectivity index (χ0) is 27.6. The van der Waals surface area contributed by atoms with Crippen LogP contribution in [-0.2, 0) is 19.1 Å². The lowest BCUT2D eigenvalue weighted by Gasteiger charge is -2.31. The van der Waals surface area contributed by atoms with Crippen LogP contribution >= 0.6 is 0 Å². The standard InChI is InChI=1S/C28H25F3N6O2/c1-17-6-7-21(34-26(38)18-4-3-5-20(12-18)28(29,30)31)13-24(17)37-11-10-23-19(16-37)14-33-27(36-23)35-22-8-9-25(39-2)32-15-22/h3-9,12-15H,10-11,16H2,1-2H3,(H,34,38)(H,33,35,36). The van der Waals surface area contributed by atoms with Crippen molar-refractivity contribution in [3.8, 4) is 5.88 Å². The van der Waals surface area contributed by atoms with E-state index in [1.807, 2.05) is 25.1 Å². The first-order valence-corrected chi connectivity index (χ1v) is 12.2. The predicted octanol–water partition coefficient (Wildman–Crippen LogP) is 5.77. The Labute approximate surface area is 222 Å². The van der Waals surface area contributed by atoms with Gasteiger partial charge in [0.15, 0.2) is 0 Å². The topological polar surface area (TPSA) is 92.3 Å². The van der Waals surface area contributed by atoms with Crippen molar-refractivity contribution in [3.05, 3.63) is 94.9 Å². The van der Waals surface area contributed by atoms with Crippen LogP contribution in [0, 0.1) is 6.92 Å². The van der Waals surface area contributed by atoms with Crippen LogP contribution in [-0.4, -0.2) is 34.5 Å². The van der Waals surface area contributed by atoms with E-state index in [1.165, 1.54) is 12.1 Å². The predicted molar refractivity (Wildman–Crippen MR) is 141 cm³/mol. The van der Waals surface area contributed by atoms with E-state index in [0.717, 1.165) is 40.3 Å². The Kier molecular flexibility index (Phi) is 7.05. The average molecular weight is 535 g/mol. The lowest BCUT2D eigenvalue weighted by atomic mass is 10.0. The van der Waals surface area contributed by atoms with Crippen molar-refractivity contribution in [1.29, 1.82) is 0 Å². The fourth-order valence-electron chi connectivity index (χ4n) is 4.35. The van der Waals surface area contributed by atoms with Gasteiger partial charge in [-0.1, -0.05) is 12.1 Å². The summed E-state index contributed by atoms with van der Waals surface area (Å²) in [7, 11) is 1.56. The van der Waals surface area contributed by atoms with Gasteiger partial charge >= 0.3 is 6.18 Å². The summed E-state index contributed by atoms with van der Waals surface area (Å²) in [6, 6.07) is 13.4. The van der Waals surface area contributed by atoms with E-state index in [1.54, 1.807) is 31.6 Å². The highest BCUT2D eigenvalue weighted by molar-refractivity contribution is 6.04. The Morgan fingerprint density at radius 3 is 2.59 bits per heavy atom. The number of alkyl halides is 3. The van der Waals surface area contributed by atoms with E-state index in [2.05, 4.69) is 30.5 Å². The zero-order valence-corrected chi connectivity index (χ0v) is 21.2. The maximum absolute atomic E-state index is 13.1. The molecule has 200 valence electrons. The first kappa shape index (κ1) is 26.0. The molecule has 0 spiro atoms. The summed E-state index contributed by atoms with van der Waals surface area (Å²) >= 11 is 0. The lowest BCUT2D eigenvalue weighted by molar-refractivity contribution is -0.137.